The summed E-state index contributed by atoms with van der Waals surface area (Å²) in [6.07, 6.45) is 0. The largest absolute Gasteiger partial charge is 0.338 e. The first-order valence-electron chi connectivity index (χ1n) is 7.32. The molecule has 2 aromatic rings. The molecule has 0 aliphatic rings. The fourth-order valence-corrected chi connectivity index (χ4v) is 2.47. The van der Waals surface area contributed by atoms with Crippen molar-refractivity contribution in [1.29, 1.82) is 0 Å². The lowest BCUT2D eigenvalue weighted by molar-refractivity contribution is 0.383. The molecule has 0 amide bonds. The lowest BCUT2D eigenvalue weighted by atomic mass is 10.2. The second-order valence-corrected chi connectivity index (χ2v) is 6.72. The summed E-state index contributed by atoms with van der Waals surface area (Å²) >= 11 is 1.72. The van der Waals surface area contributed by atoms with Crippen molar-refractivity contribution < 1.29 is 4.52 Å². The van der Waals surface area contributed by atoms with Gasteiger partial charge >= 0.3 is 0 Å². The first kappa shape index (κ1) is 16.0. The SMILES string of the molecule is CC(C)NCc1ccc(SCc2nc(C(C)C)no2)cc1. The van der Waals surface area contributed by atoms with Crippen molar-refractivity contribution in [1.82, 2.24) is 15.5 Å². The molecule has 0 atom stereocenters. The lowest BCUT2D eigenvalue weighted by Gasteiger charge is -2.08. The van der Waals surface area contributed by atoms with Crippen LogP contribution in [-0.4, -0.2) is 16.2 Å². The Morgan fingerprint density at radius 3 is 2.43 bits per heavy atom. The third-order valence-electron chi connectivity index (χ3n) is 3.00. The molecule has 0 spiro atoms. The zero-order valence-corrected chi connectivity index (χ0v) is 13.9. The molecule has 0 radical (unpaired) electrons. The Labute approximate surface area is 130 Å². The van der Waals surface area contributed by atoms with Crippen molar-refractivity contribution in [3.8, 4) is 0 Å². The number of benzene rings is 1. The number of hydrogen-bond donors (Lipinski definition) is 1. The van der Waals surface area contributed by atoms with Gasteiger partial charge in [-0.3, -0.25) is 0 Å². The van der Waals surface area contributed by atoms with E-state index < -0.39 is 0 Å². The van der Waals surface area contributed by atoms with Crippen molar-refractivity contribution in [2.45, 2.75) is 56.8 Å². The van der Waals surface area contributed by atoms with Crippen LogP contribution in [0.1, 0.15) is 50.9 Å². The van der Waals surface area contributed by atoms with Crippen molar-refractivity contribution >= 4 is 11.8 Å². The minimum atomic E-state index is 0.306. The summed E-state index contributed by atoms with van der Waals surface area (Å²) in [6, 6.07) is 9.10. The minimum Gasteiger partial charge on any atom is -0.338 e. The number of aromatic nitrogens is 2. The Kier molecular flexibility index (Phi) is 5.82. The van der Waals surface area contributed by atoms with Crippen LogP contribution in [-0.2, 0) is 12.3 Å². The van der Waals surface area contributed by atoms with Crippen LogP contribution >= 0.6 is 11.8 Å². The van der Waals surface area contributed by atoms with E-state index in [-0.39, 0.29) is 0 Å². The van der Waals surface area contributed by atoms with E-state index in [4.69, 9.17) is 4.52 Å². The molecule has 4 nitrogen and oxygen atoms in total. The number of nitrogens with zero attached hydrogens (tertiary/aromatic N) is 2. The van der Waals surface area contributed by atoms with Gasteiger partial charge < -0.3 is 9.84 Å². The fourth-order valence-electron chi connectivity index (χ4n) is 1.73. The average Bonchev–Trinajstić information content (AvgIpc) is 2.93. The van der Waals surface area contributed by atoms with Crippen molar-refractivity contribution in [3.05, 3.63) is 41.5 Å². The minimum absolute atomic E-state index is 0.306. The first-order chi connectivity index (χ1) is 10.0. The van der Waals surface area contributed by atoms with Gasteiger partial charge in [-0.15, -0.1) is 11.8 Å². The molecule has 21 heavy (non-hydrogen) atoms. The van der Waals surface area contributed by atoms with E-state index in [0.717, 1.165) is 12.4 Å². The molecule has 2 rings (SSSR count). The molecule has 0 saturated heterocycles. The van der Waals surface area contributed by atoms with E-state index in [1.54, 1.807) is 11.8 Å². The normalized spacial score (nSPS) is 11.5. The van der Waals surface area contributed by atoms with E-state index >= 15 is 0 Å². The second kappa shape index (κ2) is 7.61. The van der Waals surface area contributed by atoms with Gasteiger partial charge in [0.25, 0.3) is 0 Å². The summed E-state index contributed by atoms with van der Waals surface area (Å²) in [5.41, 5.74) is 1.30. The van der Waals surface area contributed by atoms with Crippen LogP contribution in [0, 0.1) is 0 Å². The molecule has 0 bridgehead atoms. The zero-order chi connectivity index (χ0) is 15.2. The molecule has 5 heteroatoms. The smallest absolute Gasteiger partial charge is 0.237 e. The first-order valence-corrected chi connectivity index (χ1v) is 8.30. The Morgan fingerprint density at radius 1 is 1.14 bits per heavy atom. The van der Waals surface area contributed by atoms with E-state index in [0.29, 0.717) is 23.6 Å². The van der Waals surface area contributed by atoms with Crippen LogP contribution in [0.4, 0.5) is 0 Å². The topological polar surface area (TPSA) is 51.0 Å². The molecule has 0 saturated carbocycles. The summed E-state index contributed by atoms with van der Waals surface area (Å²) in [7, 11) is 0. The summed E-state index contributed by atoms with van der Waals surface area (Å²) < 4.78 is 5.24. The van der Waals surface area contributed by atoms with Crippen LogP contribution in [0.25, 0.3) is 0 Å². The van der Waals surface area contributed by atoms with Crippen LogP contribution in [0.5, 0.6) is 0 Å². The van der Waals surface area contributed by atoms with Gasteiger partial charge in [0.15, 0.2) is 5.82 Å². The molecule has 0 unspecified atom stereocenters. The number of hydrogen-bond acceptors (Lipinski definition) is 5. The Bertz CT molecular complexity index is 549. The third-order valence-corrected chi connectivity index (χ3v) is 4.00. The monoisotopic (exact) mass is 305 g/mol. The molecular formula is C16H23N3OS. The van der Waals surface area contributed by atoms with Crippen molar-refractivity contribution in [2.24, 2.45) is 0 Å². The van der Waals surface area contributed by atoms with Gasteiger partial charge in [0.2, 0.25) is 5.89 Å². The van der Waals surface area contributed by atoms with Gasteiger partial charge in [-0.1, -0.05) is 45.0 Å². The van der Waals surface area contributed by atoms with Crippen molar-refractivity contribution in [2.75, 3.05) is 0 Å². The maximum absolute atomic E-state index is 5.24. The standard InChI is InChI=1S/C16H23N3OS/c1-11(2)16-18-15(20-19-16)10-21-14-7-5-13(6-8-14)9-17-12(3)4/h5-8,11-12,17H,9-10H2,1-4H3. The molecule has 1 aromatic carbocycles. The molecule has 0 fully saturated rings. The van der Waals surface area contributed by atoms with Gasteiger partial charge in [-0.05, 0) is 17.7 Å². The zero-order valence-electron chi connectivity index (χ0n) is 13.1. The maximum atomic E-state index is 5.24. The summed E-state index contributed by atoms with van der Waals surface area (Å²) in [5, 5.41) is 7.39. The predicted octanol–water partition coefficient (Wildman–Crippen LogP) is 3.98. The second-order valence-electron chi connectivity index (χ2n) is 5.67. The van der Waals surface area contributed by atoms with Gasteiger partial charge in [0.1, 0.15) is 0 Å². The molecule has 0 aliphatic carbocycles. The summed E-state index contributed by atoms with van der Waals surface area (Å²) in [4.78, 5) is 5.60. The fraction of sp³-hybridized carbons (Fsp3) is 0.500. The molecule has 1 N–H and O–H groups in total. The van der Waals surface area contributed by atoms with Crippen LogP contribution in [0.15, 0.2) is 33.7 Å². The summed E-state index contributed by atoms with van der Waals surface area (Å²) in [5.74, 6) is 2.48. The number of nitrogens with one attached hydrogen (secondary N) is 1. The van der Waals surface area contributed by atoms with Crippen LogP contribution in [0.2, 0.25) is 0 Å². The van der Waals surface area contributed by atoms with Gasteiger partial charge in [-0.2, -0.15) is 4.98 Å². The summed E-state index contributed by atoms with van der Waals surface area (Å²) in [6.45, 7) is 9.33. The number of thioether (sulfide) groups is 1. The third kappa shape index (κ3) is 5.17. The Balaban J connectivity index is 1.85. The van der Waals surface area contributed by atoms with Gasteiger partial charge in [0.05, 0.1) is 5.75 Å². The molecular weight excluding hydrogens is 282 g/mol. The highest BCUT2D eigenvalue weighted by Gasteiger charge is 2.09. The van der Waals surface area contributed by atoms with E-state index in [1.165, 1.54) is 10.5 Å². The Hall–Kier alpha value is -1.33. The molecule has 114 valence electrons. The van der Waals surface area contributed by atoms with Gasteiger partial charge in [-0.25, -0.2) is 0 Å². The highest BCUT2D eigenvalue weighted by atomic mass is 32.2. The highest BCUT2D eigenvalue weighted by Crippen LogP contribution is 2.23. The lowest BCUT2D eigenvalue weighted by Crippen LogP contribution is -2.21. The van der Waals surface area contributed by atoms with E-state index in [1.807, 2.05) is 0 Å². The van der Waals surface area contributed by atoms with Crippen LogP contribution in [0.3, 0.4) is 0 Å². The molecule has 0 aliphatic heterocycles. The van der Waals surface area contributed by atoms with Gasteiger partial charge in [0, 0.05) is 23.4 Å². The van der Waals surface area contributed by atoms with E-state index in [9.17, 15) is 0 Å². The molecule has 1 heterocycles. The Morgan fingerprint density at radius 2 is 1.86 bits per heavy atom. The quantitative estimate of drug-likeness (QED) is 0.784. The van der Waals surface area contributed by atoms with E-state index in [2.05, 4.69) is 67.4 Å². The average molecular weight is 305 g/mol. The van der Waals surface area contributed by atoms with Crippen molar-refractivity contribution in [3.63, 3.8) is 0 Å². The highest BCUT2D eigenvalue weighted by molar-refractivity contribution is 7.98. The molecule has 1 aromatic heterocycles. The number of rotatable bonds is 7. The maximum Gasteiger partial charge on any atom is 0.237 e. The predicted molar refractivity (Wildman–Crippen MR) is 86.4 cm³/mol. The van der Waals surface area contributed by atoms with Crippen LogP contribution < -0.4 is 5.32 Å².